The van der Waals surface area contributed by atoms with Gasteiger partial charge in [0, 0.05) is 41.5 Å². The molecule has 1 aliphatic rings. The summed E-state index contributed by atoms with van der Waals surface area (Å²) in [5.74, 6) is 1.23. The predicted octanol–water partition coefficient (Wildman–Crippen LogP) is 5.32. The number of benzene rings is 2. The average Bonchev–Trinajstić information content (AvgIpc) is 3.15. The summed E-state index contributed by atoms with van der Waals surface area (Å²) in [6.45, 7) is 3.70. The number of rotatable bonds is 4. The zero-order chi connectivity index (χ0) is 21.6. The molecule has 4 rings (SSSR count). The van der Waals surface area contributed by atoms with Crippen molar-refractivity contribution in [3.8, 4) is 11.1 Å². The largest absolute Gasteiger partial charge is 0.369 e. The van der Waals surface area contributed by atoms with E-state index in [2.05, 4.69) is 22.3 Å². The van der Waals surface area contributed by atoms with Crippen LogP contribution in [0.25, 0.3) is 11.1 Å². The Hall–Kier alpha value is -3.12. The molecule has 1 aliphatic heterocycles. The molecule has 1 atom stereocenters. The maximum Gasteiger partial charge on any atom is 0.199 e. The molecule has 0 radical (unpaired) electrons. The van der Waals surface area contributed by atoms with E-state index >= 15 is 0 Å². The number of anilines is 1. The van der Waals surface area contributed by atoms with Gasteiger partial charge in [0.1, 0.15) is 5.84 Å². The Kier molecular flexibility index (Phi) is 6.67. The third-order valence-corrected chi connectivity index (χ3v) is 5.69. The Labute approximate surface area is 187 Å². The quantitative estimate of drug-likeness (QED) is 0.431. The van der Waals surface area contributed by atoms with Gasteiger partial charge in [-0.3, -0.25) is 9.67 Å². The fourth-order valence-electron chi connectivity index (χ4n) is 3.75. The summed E-state index contributed by atoms with van der Waals surface area (Å²) in [5, 5.41) is 8.25. The van der Waals surface area contributed by atoms with Crippen molar-refractivity contribution in [2.45, 2.75) is 38.6 Å². The zero-order valence-corrected chi connectivity index (χ0v) is 18.4. The van der Waals surface area contributed by atoms with Crippen LogP contribution in [0.5, 0.6) is 0 Å². The van der Waals surface area contributed by atoms with Gasteiger partial charge in [0.2, 0.25) is 0 Å². The highest BCUT2D eigenvalue weighted by atomic mass is 35.5. The fourth-order valence-corrected chi connectivity index (χ4v) is 3.87. The van der Waals surface area contributed by atoms with Gasteiger partial charge >= 0.3 is 0 Å². The van der Waals surface area contributed by atoms with Gasteiger partial charge in [-0.2, -0.15) is 10.1 Å². The van der Waals surface area contributed by atoms with Crippen LogP contribution < -0.4 is 11.1 Å². The topological polar surface area (TPSA) is 80.6 Å². The Morgan fingerprint density at radius 3 is 2.61 bits per heavy atom. The fraction of sp³-hybridized carbons (Fsp3) is 0.292. The first-order chi connectivity index (χ1) is 15.1. The number of aliphatic imine (C=N–C) groups is 2. The van der Waals surface area contributed by atoms with Gasteiger partial charge < -0.3 is 11.1 Å². The predicted molar refractivity (Wildman–Crippen MR) is 129 cm³/mol. The second-order valence-electron chi connectivity index (χ2n) is 7.62. The van der Waals surface area contributed by atoms with Crippen molar-refractivity contribution in [2.24, 2.45) is 15.7 Å². The smallest absolute Gasteiger partial charge is 0.199 e. The van der Waals surface area contributed by atoms with Crippen LogP contribution in [0, 0.1) is 0 Å². The van der Waals surface area contributed by atoms with E-state index in [1.807, 2.05) is 65.6 Å². The normalized spacial score (nSPS) is 17.2. The van der Waals surface area contributed by atoms with Gasteiger partial charge in [-0.25, -0.2) is 0 Å². The van der Waals surface area contributed by atoms with E-state index in [0.717, 1.165) is 60.0 Å². The Balaban J connectivity index is 1.49. The van der Waals surface area contributed by atoms with Gasteiger partial charge in [-0.05, 0) is 55.2 Å². The SMILES string of the molecule is CCn1cc(-c2ccc(NC(N)=NC3=NCCCCC3c3ccc(Cl)cc3)cc2)cn1. The molecule has 3 aromatic rings. The molecule has 2 heterocycles. The first kappa shape index (κ1) is 21.1. The number of aromatic nitrogens is 2. The van der Waals surface area contributed by atoms with Crippen LogP contribution in [0.1, 0.15) is 37.7 Å². The molecule has 0 saturated carbocycles. The highest BCUT2D eigenvalue weighted by Crippen LogP contribution is 2.28. The zero-order valence-electron chi connectivity index (χ0n) is 17.6. The van der Waals surface area contributed by atoms with Crippen LogP contribution in [0.15, 0.2) is 70.9 Å². The number of amidine groups is 1. The van der Waals surface area contributed by atoms with Gasteiger partial charge in [-0.15, -0.1) is 0 Å². The summed E-state index contributed by atoms with van der Waals surface area (Å²) < 4.78 is 1.91. The first-order valence-electron chi connectivity index (χ1n) is 10.7. The second-order valence-corrected chi connectivity index (χ2v) is 8.06. The highest BCUT2D eigenvalue weighted by molar-refractivity contribution is 6.30. The van der Waals surface area contributed by atoms with Crippen molar-refractivity contribution in [3.63, 3.8) is 0 Å². The van der Waals surface area contributed by atoms with Crippen molar-refractivity contribution < 1.29 is 0 Å². The minimum Gasteiger partial charge on any atom is -0.369 e. The monoisotopic (exact) mass is 434 g/mol. The Bertz CT molecular complexity index is 1070. The molecule has 160 valence electrons. The van der Waals surface area contributed by atoms with Crippen molar-refractivity contribution in [2.75, 3.05) is 11.9 Å². The Morgan fingerprint density at radius 2 is 1.90 bits per heavy atom. The summed E-state index contributed by atoms with van der Waals surface area (Å²) in [6.07, 6.45) is 7.09. The number of nitrogens with zero attached hydrogens (tertiary/aromatic N) is 4. The summed E-state index contributed by atoms with van der Waals surface area (Å²) in [7, 11) is 0. The van der Waals surface area contributed by atoms with Gasteiger partial charge in [-0.1, -0.05) is 42.3 Å². The van der Waals surface area contributed by atoms with Crippen LogP contribution >= 0.6 is 11.6 Å². The maximum atomic E-state index is 6.25. The Morgan fingerprint density at radius 1 is 1.13 bits per heavy atom. The van der Waals surface area contributed by atoms with Crippen molar-refractivity contribution in [1.29, 1.82) is 0 Å². The molecule has 0 fully saturated rings. The second kappa shape index (κ2) is 9.79. The van der Waals surface area contributed by atoms with E-state index in [-0.39, 0.29) is 5.92 Å². The molecule has 7 heteroatoms. The van der Waals surface area contributed by atoms with E-state index in [1.165, 1.54) is 5.56 Å². The van der Waals surface area contributed by atoms with Gasteiger partial charge in [0.05, 0.1) is 6.20 Å². The molecule has 6 nitrogen and oxygen atoms in total. The molecule has 1 aromatic heterocycles. The lowest BCUT2D eigenvalue weighted by atomic mass is 9.93. The molecular weight excluding hydrogens is 408 g/mol. The molecule has 3 N–H and O–H groups in total. The van der Waals surface area contributed by atoms with E-state index in [4.69, 9.17) is 22.3 Å². The number of nitrogens with one attached hydrogen (secondary N) is 1. The summed E-state index contributed by atoms with van der Waals surface area (Å²) in [5.41, 5.74) is 10.5. The number of guanidine groups is 1. The van der Waals surface area contributed by atoms with E-state index < -0.39 is 0 Å². The third-order valence-electron chi connectivity index (χ3n) is 5.44. The third kappa shape index (κ3) is 5.33. The van der Waals surface area contributed by atoms with Crippen LogP contribution in [0.3, 0.4) is 0 Å². The summed E-state index contributed by atoms with van der Waals surface area (Å²) in [4.78, 5) is 9.37. The molecule has 31 heavy (non-hydrogen) atoms. The molecule has 0 bridgehead atoms. The van der Waals surface area contributed by atoms with Crippen LogP contribution in [-0.4, -0.2) is 28.1 Å². The summed E-state index contributed by atoms with van der Waals surface area (Å²) in [6, 6.07) is 16.0. The number of hydrogen-bond acceptors (Lipinski definition) is 3. The van der Waals surface area contributed by atoms with Crippen molar-refractivity contribution >= 4 is 29.1 Å². The van der Waals surface area contributed by atoms with E-state index in [1.54, 1.807) is 0 Å². The number of nitrogens with two attached hydrogens (primary N) is 1. The number of aryl methyl sites for hydroxylation is 1. The lowest BCUT2D eigenvalue weighted by Crippen LogP contribution is -2.25. The molecule has 0 spiro atoms. The molecular formula is C24H27ClN6. The minimum atomic E-state index is 0.123. The lowest BCUT2D eigenvalue weighted by Gasteiger charge is -2.16. The van der Waals surface area contributed by atoms with Crippen molar-refractivity contribution in [1.82, 2.24) is 9.78 Å². The van der Waals surface area contributed by atoms with Crippen LogP contribution in [-0.2, 0) is 6.54 Å². The highest BCUT2D eigenvalue weighted by Gasteiger charge is 2.20. The average molecular weight is 435 g/mol. The van der Waals surface area contributed by atoms with E-state index in [9.17, 15) is 0 Å². The van der Waals surface area contributed by atoms with Crippen LogP contribution in [0.4, 0.5) is 5.69 Å². The number of hydrogen-bond donors (Lipinski definition) is 2. The molecule has 0 aliphatic carbocycles. The van der Waals surface area contributed by atoms with Gasteiger partial charge in [0.25, 0.3) is 0 Å². The van der Waals surface area contributed by atoms with E-state index in [0.29, 0.717) is 5.96 Å². The van der Waals surface area contributed by atoms with Crippen molar-refractivity contribution in [3.05, 3.63) is 71.5 Å². The molecule has 0 saturated heterocycles. The number of halogens is 1. The summed E-state index contributed by atoms with van der Waals surface area (Å²) >= 11 is 6.06. The molecule has 0 amide bonds. The first-order valence-corrected chi connectivity index (χ1v) is 11.0. The van der Waals surface area contributed by atoms with Crippen LogP contribution in [0.2, 0.25) is 5.02 Å². The molecule has 1 unspecified atom stereocenters. The maximum absolute atomic E-state index is 6.25. The van der Waals surface area contributed by atoms with Gasteiger partial charge in [0.15, 0.2) is 5.96 Å². The standard InChI is InChI=1S/C24H27ClN6/c1-2-31-16-19(15-28-31)17-8-12-21(13-9-17)29-24(26)30-23-22(5-3-4-14-27-23)18-6-10-20(25)11-7-18/h6-13,15-16,22H,2-5,14H2,1H3,(H3,26,27,29,30). The molecule has 2 aromatic carbocycles. The lowest BCUT2D eigenvalue weighted by molar-refractivity contribution is 0.660. The minimum absolute atomic E-state index is 0.123.